The fourth-order valence-electron chi connectivity index (χ4n) is 3.73. The van der Waals surface area contributed by atoms with Crippen LogP contribution in [0.1, 0.15) is 25.5 Å². The molecule has 1 heterocycles. The van der Waals surface area contributed by atoms with Crippen molar-refractivity contribution in [2.45, 2.75) is 26.4 Å². The molecule has 3 aromatic rings. The van der Waals surface area contributed by atoms with E-state index in [1.165, 1.54) is 30.5 Å². The van der Waals surface area contributed by atoms with Gasteiger partial charge in [-0.1, -0.05) is 29.8 Å². The van der Waals surface area contributed by atoms with Gasteiger partial charge in [0.1, 0.15) is 29.7 Å². The molecule has 0 aliphatic carbocycles. The lowest BCUT2D eigenvalue weighted by atomic mass is 10.2. The van der Waals surface area contributed by atoms with Crippen LogP contribution in [-0.2, 0) is 21.0 Å². The number of pyridine rings is 1. The van der Waals surface area contributed by atoms with Gasteiger partial charge < -0.3 is 20.1 Å². The van der Waals surface area contributed by atoms with Gasteiger partial charge in [0, 0.05) is 42.7 Å². The SMILES string of the molecule is C=CCC(=O)N(C(=O)CC=C)c1ccc(N/C=C(\C#N)C(=O)Nc2ccc(OCc3ccccn3)c(Cl)c2)cc1OCC. The minimum absolute atomic E-state index is 0.0516. The molecule has 0 spiro atoms. The molecule has 0 radical (unpaired) electrons. The number of anilines is 3. The molecule has 2 aromatic carbocycles. The van der Waals surface area contributed by atoms with Crippen LogP contribution in [0.5, 0.6) is 11.5 Å². The van der Waals surface area contributed by atoms with E-state index in [1.54, 1.807) is 43.5 Å². The molecule has 0 aliphatic rings. The van der Waals surface area contributed by atoms with Gasteiger partial charge in [0.05, 0.1) is 23.0 Å². The van der Waals surface area contributed by atoms with Gasteiger partial charge in [0.25, 0.3) is 5.91 Å². The third-order valence-electron chi connectivity index (χ3n) is 5.68. The summed E-state index contributed by atoms with van der Waals surface area (Å²) >= 11 is 6.33. The molecule has 10 nitrogen and oxygen atoms in total. The predicted octanol–water partition coefficient (Wildman–Crippen LogP) is 6.18. The van der Waals surface area contributed by atoms with Gasteiger partial charge in [-0.3, -0.25) is 19.4 Å². The van der Waals surface area contributed by atoms with E-state index < -0.39 is 17.7 Å². The second-order valence-electron chi connectivity index (χ2n) is 8.75. The molecule has 11 heteroatoms. The molecule has 0 aliphatic heterocycles. The summed E-state index contributed by atoms with van der Waals surface area (Å²) in [4.78, 5) is 43.5. The van der Waals surface area contributed by atoms with Crippen molar-refractivity contribution in [2.75, 3.05) is 22.1 Å². The monoisotopic (exact) mass is 599 g/mol. The maximum Gasteiger partial charge on any atom is 0.267 e. The zero-order chi connectivity index (χ0) is 31.2. The van der Waals surface area contributed by atoms with E-state index in [0.717, 1.165) is 10.6 Å². The molecule has 1 aromatic heterocycles. The number of hydrogen-bond acceptors (Lipinski definition) is 8. The van der Waals surface area contributed by atoms with E-state index in [1.807, 2.05) is 18.2 Å². The van der Waals surface area contributed by atoms with E-state index in [9.17, 15) is 19.6 Å². The third-order valence-corrected chi connectivity index (χ3v) is 5.97. The zero-order valence-corrected chi connectivity index (χ0v) is 24.3. The highest BCUT2D eigenvalue weighted by Gasteiger charge is 2.25. The van der Waals surface area contributed by atoms with Crippen LogP contribution in [-0.4, -0.2) is 29.3 Å². The highest BCUT2D eigenvalue weighted by atomic mass is 35.5. The Kier molecular flexibility index (Phi) is 12.1. The van der Waals surface area contributed by atoms with E-state index >= 15 is 0 Å². The van der Waals surface area contributed by atoms with Gasteiger partial charge in [-0.05, 0) is 49.4 Å². The number of carbonyl (C=O) groups is 3. The Hall–Kier alpha value is -5.40. The first-order chi connectivity index (χ1) is 20.8. The second kappa shape index (κ2) is 16.1. The van der Waals surface area contributed by atoms with Crippen LogP contribution in [0, 0.1) is 11.3 Å². The Morgan fingerprint density at radius 2 is 1.72 bits per heavy atom. The van der Waals surface area contributed by atoms with Gasteiger partial charge in [0.15, 0.2) is 0 Å². The lowest BCUT2D eigenvalue weighted by Crippen LogP contribution is -2.36. The molecule has 0 unspecified atom stereocenters. The number of nitrogens with zero attached hydrogens (tertiary/aromatic N) is 3. The minimum atomic E-state index is -0.675. The maximum atomic E-state index is 12.8. The normalized spacial score (nSPS) is 10.6. The highest BCUT2D eigenvalue weighted by molar-refractivity contribution is 6.32. The summed E-state index contributed by atoms with van der Waals surface area (Å²) in [5.41, 5.74) is 1.56. The molecule has 2 N–H and O–H groups in total. The average Bonchev–Trinajstić information content (AvgIpc) is 2.99. The lowest BCUT2D eigenvalue weighted by molar-refractivity contribution is -0.125. The third kappa shape index (κ3) is 9.05. The summed E-state index contributed by atoms with van der Waals surface area (Å²) < 4.78 is 11.4. The van der Waals surface area contributed by atoms with Crippen molar-refractivity contribution in [1.29, 1.82) is 5.26 Å². The fraction of sp³-hybridized carbons (Fsp3) is 0.156. The van der Waals surface area contributed by atoms with Gasteiger partial charge in [0.2, 0.25) is 11.8 Å². The molecule has 0 saturated carbocycles. The molecule has 0 saturated heterocycles. The number of halogens is 1. The van der Waals surface area contributed by atoms with Gasteiger partial charge >= 0.3 is 0 Å². The number of rotatable bonds is 14. The second-order valence-corrected chi connectivity index (χ2v) is 9.15. The molecule has 3 rings (SSSR count). The predicted molar refractivity (Wildman–Crippen MR) is 166 cm³/mol. The van der Waals surface area contributed by atoms with Crippen molar-refractivity contribution >= 4 is 46.4 Å². The molecular formula is C32H30ClN5O5. The van der Waals surface area contributed by atoms with Crippen molar-refractivity contribution in [3.05, 3.63) is 109 Å². The number of imide groups is 1. The molecule has 3 amide bonds. The van der Waals surface area contributed by atoms with Crippen molar-refractivity contribution in [3.63, 3.8) is 0 Å². The standard InChI is InChI=1S/C32H30ClN5O5/c1-4-9-30(39)38(31(40)10-5-2)27-14-12-23(18-29(27)42-6-3)36-20-22(19-34)32(41)37-24-13-15-28(26(33)17-24)43-21-25-11-7-8-16-35-25/h4-5,7-8,11-18,20,36H,1-2,6,9-10,21H2,3H3,(H,37,41)/b22-20+. The molecular weight excluding hydrogens is 570 g/mol. The van der Waals surface area contributed by atoms with E-state index in [0.29, 0.717) is 17.1 Å². The Morgan fingerprint density at radius 1 is 1.00 bits per heavy atom. The first kappa shape index (κ1) is 32.1. The van der Waals surface area contributed by atoms with E-state index in [4.69, 9.17) is 21.1 Å². The quantitative estimate of drug-likeness (QED) is 0.127. The Morgan fingerprint density at radius 3 is 2.33 bits per heavy atom. The minimum Gasteiger partial charge on any atom is -0.492 e. The average molecular weight is 600 g/mol. The van der Waals surface area contributed by atoms with Crippen LogP contribution in [0.4, 0.5) is 17.1 Å². The summed E-state index contributed by atoms with van der Waals surface area (Å²) in [6.07, 6.45) is 5.61. The lowest BCUT2D eigenvalue weighted by Gasteiger charge is -2.23. The van der Waals surface area contributed by atoms with Gasteiger partial charge in [-0.15, -0.1) is 13.2 Å². The van der Waals surface area contributed by atoms with E-state index in [2.05, 4.69) is 28.8 Å². The highest BCUT2D eigenvalue weighted by Crippen LogP contribution is 2.33. The summed E-state index contributed by atoms with van der Waals surface area (Å²) in [6, 6.07) is 16.7. The number of benzene rings is 2. The number of aromatic nitrogens is 1. The van der Waals surface area contributed by atoms with Crippen molar-refractivity contribution < 1.29 is 23.9 Å². The largest absolute Gasteiger partial charge is 0.492 e. The first-order valence-corrected chi connectivity index (χ1v) is 13.5. The topological polar surface area (TPSA) is 134 Å². The number of nitrogens with one attached hydrogen (secondary N) is 2. The molecule has 220 valence electrons. The molecule has 43 heavy (non-hydrogen) atoms. The first-order valence-electron chi connectivity index (χ1n) is 13.2. The number of nitriles is 1. The molecule has 0 atom stereocenters. The zero-order valence-electron chi connectivity index (χ0n) is 23.5. The molecule has 0 fully saturated rings. The fourth-order valence-corrected chi connectivity index (χ4v) is 3.97. The van der Waals surface area contributed by atoms with Gasteiger partial charge in [-0.2, -0.15) is 5.26 Å². The van der Waals surface area contributed by atoms with Crippen LogP contribution in [0.15, 0.2) is 97.9 Å². The Labute approximate surface area is 254 Å². The van der Waals surface area contributed by atoms with Crippen LogP contribution in [0.25, 0.3) is 0 Å². The number of amides is 3. The van der Waals surface area contributed by atoms with Crippen LogP contribution in [0.2, 0.25) is 5.02 Å². The maximum absolute atomic E-state index is 12.8. The summed E-state index contributed by atoms with van der Waals surface area (Å²) in [5.74, 6) is -0.961. The molecule has 0 bridgehead atoms. The summed E-state index contributed by atoms with van der Waals surface area (Å²) in [6.45, 7) is 9.38. The van der Waals surface area contributed by atoms with Crippen LogP contribution in [0.3, 0.4) is 0 Å². The van der Waals surface area contributed by atoms with E-state index in [-0.39, 0.29) is 48.1 Å². The number of ether oxygens (including phenoxy) is 2. The Balaban J connectivity index is 1.74. The smallest absolute Gasteiger partial charge is 0.267 e. The summed E-state index contributed by atoms with van der Waals surface area (Å²) in [7, 11) is 0. The van der Waals surface area contributed by atoms with Crippen molar-refractivity contribution in [2.24, 2.45) is 0 Å². The van der Waals surface area contributed by atoms with Gasteiger partial charge in [-0.25, -0.2) is 4.90 Å². The number of carbonyl (C=O) groups excluding carboxylic acids is 3. The Bertz CT molecular complexity index is 1540. The van der Waals surface area contributed by atoms with Crippen molar-refractivity contribution in [3.8, 4) is 17.6 Å². The summed E-state index contributed by atoms with van der Waals surface area (Å²) in [5, 5.41) is 15.4. The number of hydrogen-bond donors (Lipinski definition) is 2. The van der Waals surface area contributed by atoms with Crippen LogP contribution < -0.4 is 25.0 Å². The van der Waals surface area contributed by atoms with Crippen LogP contribution >= 0.6 is 11.6 Å². The van der Waals surface area contributed by atoms with Crippen molar-refractivity contribution in [1.82, 2.24) is 4.98 Å².